The van der Waals surface area contributed by atoms with Crippen molar-refractivity contribution in [2.75, 3.05) is 11.1 Å². The summed E-state index contributed by atoms with van der Waals surface area (Å²) >= 11 is 6.06. The summed E-state index contributed by atoms with van der Waals surface area (Å²) in [6.45, 7) is 6.47. The third-order valence-corrected chi connectivity index (χ3v) is 3.23. The molecule has 0 fully saturated rings. The Kier molecular flexibility index (Phi) is 4.32. The van der Waals surface area contributed by atoms with E-state index in [0.717, 1.165) is 5.56 Å². The van der Waals surface area contributed by atoms with E-state index in [1.807, 2.05) is 20.8 Å². The van der Waals surface area contributed by atoms with Gasteiger partial charge in [0.05, 0.1) is 0 Å². The van der Waals surface area contributed by atoms with Crippen LogP contribution in [0.4, 0.5) is 15.9 Å². The Morgan fingerprint density at radius 2 is 1.81 bits per heavy atom. The summed E-state index contributed by atoms with van der Waals surface area (Å²) < 4.78 is 12.9. The molecule has 3 N–H and O–H groups in total. The average molecular weight is 309 g/mol. The molecule has 4 nitrogen and oxygen atoms in total. The number of nitrogens with one attached hydrogen (secondary N) is 1. The van der Waals surface area contributed by atoms with Crippen LogP contribution in [0.25, 0.3) is 0 Å². The largest absolute Gasteiger partial charge is 0.393 e. The maximum absolute atomic E-state index is 12.9. The molecule has 0 amide bonds. The summed E-state index contributed by atoms with van der Waals surface area (Å²) in [5.41, 5.74) is 6.90. The van der Waals surface area contributed by atoms with Crippen LogP contribution in [0.2, 0.25) is 5.15 Å². The summed E-state index contributed by atoms with van der Waals surface area (Å²) in [5, 5.41) is 3.35. The van der Waals surface area contributed by atoms with E-state index in [9.17, 15) is 4.39 Å². The third kappa shape index (κ3) is 3.82. The van der Waals surface area contributed by atoms with E-state index < -0.39 is 0 Å². The van der Waals surface area contributed by atoms with Gasteiger partial charge in [0.15, 0.2) is 11.0 Å². The number of halogens is 2. The number of anilines is 2. The highest BCUT2D eigenvalue weighted by Gasteiger charge is 2.20. The smallest absolute Gasteiger partial charge is 0.157 e. The molecule has 0 radical (unpaired) electrons. The van der Waals surface area contributed by atoms with E-state index in [4.69, 9.17) is 17.3 Å². The van der Waals surface area contributed by atoms with Crippen molar-refractivity contribution < 1.29 is 4.39 Å². The number of rotatable bonds is 3. The van der Waals surface area contributed by atoms with Crippen molar-refractivity contribution in [3.63, 3.8) is 0 Å². The monoisotopic (exact) mass is 308 g/mol. The van der Waals surface area contributed by atoms with Crippen LogP contribution in [-0.4, -0.2) is 9.97 Å². The first kappa shape index (κ1) is 15.5. The molecule has 1 aromatic carbocycles. The minimum absolute atomic E-state index is 0.232. The predicted molar refractivity (Wildman–Crippen MR) is 83.9 cm³/mol. The minimum atomic E-state index is -0.265. The molecule has 0 saturated carbocycles. The lowest BCUT2D eigenvalue weighted by Crippen LogP contribution is -2.18. The Morgan fingerprint density at radius 3 is 2.38 bits per heavy atom. The van der Waals surface area contributed by atoms with Gasteiger partial charge in [-0.25, -0.2) is 14.4 Å². The van der Waals surface area contributed by atoms with Gasteiger partial charge in [-0.1, -0.05) is 44.5 Å². The molecule has 0 spiro atoms. The van der Waals surface area contributed by atoms with E-state index in [-0.39, 0.29) is 16.4 Å². The highest BCUT2D eigenvalue weighted by Crippen LogP contribution is 2.28. The first-order valence-electron chi connectivity index (χ1n) is 6.59. The van der Waals surface area contributed by atoms with Crippen LogP contribution < -0.4 is 11.1 Å². The lowest BCUT2D eigenvalue weighted by molar-refractivity contribution is 0.546. The van der Waals surface area contributed by atoms with Gasteiger partial charge in [0, 0.05) is 12.0 Å². The quantitative estimate of drug-likeness (QED) is 0.847. The molecule has 2 rings (SSSR count). The molecule has 0 saturated heterocycles. The number of nitrogen functional groups attached to an aromatic ring is 1. The molecule has 112 valence electrons. The molecule has 0 bridgehead atoms. The molecule has 0 aliphatic rings. The zero-order valence-corrected chi connectivity index (χ0v) is 13.0. The molecule has 0 atom stereocenters. The van der Waals surface area contributed by atoms with Crippen molar-refractivity contribution in [3.8, 4) is 0 Å². The highest BCUT2D eigenvalue weighted by molar-refractivity contribution is 6.32. The van der Waals surface area contributed by atoms with E-state index in [2.05, 4.69) is 15.3 Å². The Labute approximate surface area is 128 Å². The lowest BCUT2D eigenvalue weighted by atomic mass is 9.96. The molecule has 0 unspecified atom stereocenters. The average Bonchev–Trinajstić information content (AvgIpc) is 2.41. The normalized spacial score (nSPS) is 11.5. The molecular formula is C15H18ClFN4. The maximum Gasteiger partial charge on any atom is 0.157 e. The third-order valence-electron chi connectivity index (χ3n) is 2.94. The predicted octanol–water partition coefficient (Wildman–Crippen LogP) is 3.76. The van der Waals surface area contributed by atoms with Gasteiger partial charge in [0.2, 0.25) is 0 Å². The number of aromatic nitrogens is 2. The Hall–Kier alpha value is -1.88. The zero-order chi connectivity index (χ0) is 15.6. The number of hydrogen-bond acceptors (Lipinski definition) is 4. The minimum Gasteiger partial charge on any atom is -0.393 e. The summed E-state index contributed by atoms with van der Waals surface area (Å²) in [6, 6.07) is 6.22. The highest BCUT2D eigenvalue weighted by atomic mass is 35.5. The van der Waals surface area contributed by atoms with Crippen LogP contribution in [0.3, 0.4) is 0 Å². The molecule has 2 aromatic rings. The first-order chi connectivity index (χ1) is 9.77. The van der Waals surface area contributed by atoms with Crippen molar-refractivity contribution in [1.82, 2.24) is 9.97 Å². The van der Waals surface area contributed by atoms with Gasteiger partial charge in [-0.2, -0.15) is 0 Å². The van der Waals surface area contributed by atoms with Crippen LogP contribution in [0.5, 0.6) is 0 Å². The van der Waals surface area contributed by atoms with Gasteiger partial charge < -0.3 is 11.1 Å². The Morgan fingerprint density at radius 1 is 1.19 bits per heavy atom. The standard InChI is InChI=1S/C15H18ClFN4/c1-15(2,3)14-20-12(16)11(18)13(21-14)19-8-9-4-6-10(17)7-5-9/h4-7H,8,18H2,1-3H3,(H,19,20,21). The number of benzene rings is 1. The molecule has 6 heteroatoms. The molecule has 21 heavy (non-hydrogen) atoms. The topological polar surface area (TPSA) is 63.8 Å². The summed E-state index contributed by atoms with van der Waals surface area (Å²) in [6.07, 6.45) is 0. The molecule has 1 heterocycles. The van der Waals surface area contributed by atoms with Crippen LogP contribution >= 0.6 is 11.6 Å². The SMILES string of the molecule is CC(C)(C)c1nc(Cl)c(N)c(NCc2ccc(F)cc2)n1. The van der Waals surface area contributed by atoms with Crippen molar-refractivity contribution >= 4 is 23.1 Å². The fourth-order valence-electron chi connectivity index (χ4n) is 1.70. The second-order valence-electron chi connectivity index (χ2n) is 5.83. The van der Waals surface area contributed by atoms with Crippen LogP contribution in [0.15, 0.2) is 24.3 Å². The fourth-order valence-corrected chi connectivity index (χ4v) is 1.87. The molecular weight excluding hydrogens is 291 g/mol. The van der Waals surface area contributed by atoms with E-state index >= 15 is 0 Å². The first-order valence-corrected chi connectivity index (χ1v) is 6.97. The van der Waals surface area contributed by atoms with Crippen molar-refractivity contribution in [2.45, 2.75) is 32.7 Å². The summed E-state index contributed by atoms with van der Waals surface area (Å²) in [5.74, 6) is 0.839. The molecule has 0 aliphatic carbocycles. The summed E-state index contributed by atoms with van der Waals surface area (Å²) in [7, 11) is 0. The zero-order valence-electron chi connectivity index (χ0n) is 12.2. The fraction of sp³-hybridized carbons (Fsp3) is 0.333. The number of nitrogens with zero attached hydrogens (tertiary/aromatic N) is 2. The van der Waals surface area contributed by atoms with Gasteiger partial charge in [-0.3, -0.25) is 0 Å². The lowest BCUT2D eigenvalue weighted by Gasteiger charge is -2.19. The van der Waals surface area contributed by atoms with Gasteiger partial charge in [-0.05, 0) is 17.7 Å². The van der Waals surface area contributed by atoms with Crippen molar-refractivity contribution in [3.05, 3.63) is 46.6 Å². The van der Waals surface area contributed by atoms with Gasteiger partial charge >= 0.3 is 0 Å². The maximum atomic E-state index is 12.9. The van der Waals surface area contributed by atoms with Crippen LogP contribution in [0.1, 0.15) is 32.2 Å². The van der Waals surface area contributed by atoms with Crippen molar-refractivity contribution in [1.29, 1.82) is 0 Å². The Balaban J connectivity index is 2.23. The number of nitrogens with two attached hydrogens (primary N) is 1. The Bertz CT molecular complexity index is 635. The van der Waals surface area contributed by atoms with Gasteiger partial charge in [-0.15, -0.1) is 0 Å². The van der Waals surface area contributed by atoms with E-state index in [1.54, 1.807) is 12.1 Å². The van der Waals surface area contributed by atoms with Crippen molar-refractivity contribution in [2.24, 2.45) is 0 Å². The van der Waals surface area contributed by atoms with Gasteiger partial charge in [0.1, 0.15) is 17.3 Å². The summed E-state index contributed by atoms with van der Waals surface area (Å²) in [4.78, 5) is 8.64. The molecule has 0 aliphatic heterocycles. The number of hydrogen-bond donors (Lipinski definition) is 2. The van der Waals surface area contributed by atoms with Crippen LogP contribution in [0, 0.1) is 5.82 Å². The second-order valence-corrected chi connectivity index (χ2v) is 6.19. The second kappa shape index (κ2) is 5.85. The van der Waals surface area contributed by atoms with Crippen LogP contribution in [-0.2, 0) is 12.0 Å². The van der Waals surface area contributed by atoms with Gasteiger partial charge in [0.25, 0.3) is 0 Å². The molecule has 1 aromatic heterocycles. The van der Waals surface area contributed by atoms with E-state index in [1.165, 1.54) is 12.1 Å². The van der Waals surface area contributed by atoms with E-state index in [0.29, 0.717) is 23.9 Å².